The third-order valence-corrected chi connectivity index (χ3v) is 3.92. The van der Waals surface area contributed by atoms with Crippen molar-refractivity contribution in [3.05, 3.63) is 15.3 Å². The molecule has 0 radical (unpaired) electrons. The average molecular weight is 369 g/mol. The normalized spacial score (nSPS) is 12.1. The molecule has 0 aromatic carbocycles. The molecule has 4 nitrogen and oxygen atoms in total. The highest BCUT2D eigenvalue weighted by atomic mass is 127. The maximum absolute atomic E-state index is 12.6. The number of hydrogen-bond acceptors (Lipinski definition) is 4. The lowest BCUT2D eigenvalue weighted by molar-refractivity contribution is 0.146. The number of anilines is 1. The summed E-state index contributed by atoms with van der Waals surface area (Å²) in [5, 5.41) is -0.849. The Morgan fingerprint density at radius 3 is 2.47 bits per heavy atom. The first-order chi connectivity index (χ1) is 6.75. The van der Waals surface area contributed by atoms with Crippen LogP contribution in [-0.2, 0) is 9.05 Å². The van der Waals surface area contributed by atoms with Crippen molar-refractivity contribution in [1.29, 1.82) is 0 Å². The fourth-order valence-electron chi connectivity index (χ4n) is 0.887. The summed E-state index contributed by atoms with van der Waals surface area (Å²) in [5.41, 5.74) is 4.55. The summed E-state index contributed by atoms with van der Waals surface area (Å²) in [6, 6.07) is 0. The van der Waals surface area contributed by atoms with Gasteiger partial charge in [-0.15, -0.1) is 0 Å². The molecule has 84 valence electrons. The number of pyridine rings is 1. The van der Waals surface area contributed by atoms with Crippen LogP contribution in [0.2, 0.25) is 0 Å². The molecule has 0 atom stereocenters. The summed E-state index contributed by atoms with van der Waals surface area (Å²) in [7, 11) is 0.667. The SMILES string of the molecule is Nc1cnc(S(=O)(=O)Cl)c(C(F)F)c1I. The number of halogens is 4. The Labute approximate surface area is 102 Å². The van der Waals surface area contributed by atoms with E-state index < -0.39 is 26.1 Å². The van der Waals surface area contributed by atoms with Crippen LogP contribution in [0.5, 0.6) is 0 Å². The van der Waals surface area contributed by atoms with Crippen LogP contribution in [0.25, 0.3) is 0 Å². The summed E-state index contributed by atoms with van der Waals surface area (Å²) in [4.78, 5) is 3.30. The molecule has 15 heavy (non-hydrogen) atoms. The van der Waals surface area contributed by atoms with Crippen LogP contribution in [0.3, 0.4) is 0 Å². The highest BCUT2D eigenvalue weighted by molar-refractivity contribution is 14.1. The predicted octanol–water partition coefficient (Wildman–Crippen LogP) is 2.13. The van der Waals surface area contributed by atoms with E-state index in [1.54, 1.807) is 0 Å². The van der Waals surface area contributed by atoms with Crippen molar-refractivity contribution < 1.29 is 17.2 Å². The molecule has 0 bridgehead atoms. The van der Waals surface area contributed by atoms with E-state index in [0.717, 1.165) is 6.20 Å². The van der Waals surface area contributed by atoms with Gasteiger partial charge in [-0.1, -0.05) is 0 Å². The highest BCUT2D eigenvalue weighted by Crippen LogP contribution is 2.33. The average Bonchev–Trinajstić information content (AvgIpc) is 2.06. The molecular formula is C6H4ClF2IN2O2S. The van der Waals surface area contributed by atoms with Crippen LogP contribution in [0.15, 0.2) is 11.2 Å². The molecule has 0 aliphatic rings. The van der Waals surface area contributed by atoms with Crippen LogP contribution in [0.4, 0.5) is 14.5 Å². The van der Waals surface area contributed by atoms with Crippen molar-refractivity contribution in [2.75, 3.05) is 5.73 Å². The molecule has 0 unspecified atom stereocenters. The molecule has 1 heterocycles. The standard InChI is InChI=1S/C6H4ClF2IN2O2S/c7-15(13,14)6-3(5(8)9)4(10)2(11)1-12-6/h1,5H,11H2. The molecule has 2 N–H and O–H groups in total. The van der Waals surface area contributed by atoms with E-state index in [9.17, 15) is 17.2 Å². The maximum atomic E-state index is 12.6. The zero-order valence-corrected chi connectivity index (χ0v) is 10.6. The molecule has 1 rings (SSSR count). The molecule has 0 aliphatic heterocycles. The van der Waals surface area contributed by atoms with E-state index in [-0.39, 0.29) is 9.26 Å². The Bertz CT molecular complexity index is 494. The number of nitrogens with two attached hydrogens (primary N) is 1. The predicted molar refractivity (Wildman–Crippen MR) is 59.4 cm³/mol. The second kappa shape index (κ2) is 4.34. The quantitative estimate of drug-likeness (QED) is 0.641. The molecule has 1 aromatic rings. The maximum Gasteiger partial charge on any atom is 0.279 e. The number of rotatable bonds is 2. The lowest BCUT2D eigenvalue weighted by Crippen LogP contribution is -2.07. The molecule has 0 amide bonds. The second-order valence-electron chi connectivity index (χ2n) is 2.48. The van der Waals surface area contributed by atoms with Crippen LogP contribution in [0.1, 0.15) is 12.0 Å². The molecule has 1 aromatic heterocycles. The van der Waals surface area contributed by atoms with Gasteiger partial charge in [0.15, 0.2) is 5.03 Å². The molecule has 9 heteroatoms. The monoisotopic (exact) mass is 368 g/mol. The molecule has 0 saturated heterocycles. The number of aromatic nitrogens is 1. The number of nitrogens with zero attached hydrogens (tertiary/aromatic N) is 1. The minimum absolute atomic E-state index is 0.0185. The van der Waals surface area contributed by atoms with Crippen LogP contribution in [-0.4, -0.2) is 13.4 Å². The molecule has 0 spiro atoms. The van der Waals surface area contributed by atoms with E-state index >= 15 is 0 Å². The van der Waals surface area contributed by atoms with Gasteiger partial charge in [-0.05, 0) is 22.6 Å². The van der Waals surface area contributed by atoms with Crippen LogP contribution in [0, 0.1) is 3.57 Å². The van der Waals surface area contributed by atoms with E-state index in [2.05, 4.69) is 4.98 Å². The van der Waals surface area contributed by atoms with Crippen molar-refractivity contribution in [3.8, 4) is 0 Å². The zero-order chi connectivity index (χ0) is 11.8. The van der Waals surface area contributed by atoms with Crippen LogP contribution < -0.4 is 5.73 Å². The minimum atomic E-state index is -4.30. The van der Waals surface area contributed by atoms with Gasteiger partial charge < -0.3 is 5.73 Å². The van der Waals surface area contributed by atoms with E-state index in [1.165, 1.54) is 22.6 Å². The summed E-state index contributed by atoms with van der Waals surface area (Å²) >= 11 is 1.52. The Balaban J connectivity index is 3.62. The third-order valence-electron chi connectivity index (χ3n) is 1.49. The highest BCUT2D eigenvalue weighted by Gasteiger charge is 2.27. The lowest BCUT2D eigenvalue weighted by Gasteiger charge is -2.08. The Morgan fingerprint density at radius 2 is 2.07 bits per heavy atom. The van der Waals surface area contributed by atoms with Crippen molar-refractivity contribution in [3.63, 3.8) is 0 Å². The van der Waals surface area contributed by atoms with Gasteiger partial charge in [-0.3, -0.25) is 0 Å². The largest absolute Gasteiger partial charge is 0.397 e. The fraction of sp³-hybridized carbons (Fsp3) is 0.167. The number of alkyl halides is 2. The molecule has 0 fully saturated rings. The summed E-state index contributed by atoms with van der Waals surface area (Å²) in [6.07, 6.45) is -2.03. The van der Waals surface area contributed by atoms with Crippen molar-refractivity contribution >= 4 is 48.0 Å². The van der Waals surface area contributed by atoms with Gasteiger partial charge in [-0.25, -0.2) is 22.2 Å². The number of hydrogen-bond donors (Lipinski definition) is 1. The van der Waals surface area contributed by atoms with Crippen molar-refractivity contribution in [2.24, 2.45) is 0 Å². The smallest absolute Gasteiger partial charge is 0.279 e. The van der Waals surface area contributed by atoms with E-state index in [0.29, 0.717) is 0 Å². The van der Waals surface area contributed by atoms with Crippen molar-refractivity contribution in [1.82, 2.24) is 4.98 Å². The van der Waals surface area contributed by atoms with Crippen molar-refractivity contribution in [2.45, 2.75) is 11.5 Å². The van der Waals surface area contributed by atoms with Gasteiger partial charge in [0.1, 0.15) is 0 Å². The topological polar surface area (TPSA) is 73.0 Å². The van der Waals surface area contributed by atoms with Gasteiger partial charge in [0.2, 0.25) is 0 Å². The van der Waals surface area contributed by atoms with E-state index in [4.69, 9.17) is 16.4 Å². The Hall–Kier alpha value is -0.220. The van der Waals surface area contributed by atoms with Gasteiger partial charge in [0, 0.05) is 14.3 Å². The molecular weight excluding hydrogens is 364 g/mol. The van der Waals surface area contributed by atoms with Gasteiger partial charge in [-0.2, -0.15) is 0 Å². The first-order valence-corrected chi connectivity index (χ1v) is 6.80. The second-order valence-corrected chi connectivity index (χ2v) is 6.04. The van der Waals surface area contributed by atoms with Gasteiger partial charge in [0.25, 0.3) is 15.5 Å². The first-order valence-electron chi connectivity index (χ1n) is 3.42. The van der Waals surface area contributed by atoms with Gasteiger partial charge >= 0.3 is 0 Å². The summed E-state index contributed by atoms with van der Waals surface area (Å²) in [5.74, 6) is 0. The fourth-order valence-corrected chi connectivity index (χ4v) is 2.70. The lowest BCUT2D eigenvalue weighted by atomic mass is 10.3. The zero-order valence-electron chi connectivity index (χ0n) is 6.92. The molecule has 0 aliphatic carbocycles. The van der Waals surface area contributed by atoms with E-state index in [1.807, 2.05) is 0 Å². The Kier molecular flexibility index (Phi) is 3.71. The Morgan fingerprint density at radius 1 is 1.53 bits per heavy atom. The summed E-state index contributed by atoms with van der Waals surface area (Å²) < 4.78 is 47.0. The third kappa shape index (κ3) is 2.67. The van der Waals surface area contributed by atoms with Crippen LogP contribution >= 0.6 is 33.3 Å². The number of nitrogen functional groups attached to an aromatic ring is 1. The van der Waals surface area contributed by atoms with Gasteiger partial charge in [0.05, 0.1) is 17.4 Å². The summed E-state index contributed by atoms with van der Waals surface area (Å²) in [6.45, 7) is 0. The minimum Gasteiger partial charge on any atom is -0.397 e. The molecule has 0 saturated carbocycles. The first kappa shape index (κ1) is 12.8.